The molecule has 5 aromatic carbocycles. The van der Waals surface area contributed by atoms with E-state index in [1.165, 1.54) is 0 Å². The summed E-state index contributed by atoms with van der Waals surface area (Å²) in [7, 11) is 0. The Morgan fingerprint density at radius 2 is 1.18 bits per heavy atom. The normalized spacial score (nSPS) is 12.1. The van der Waals surface area contributed by atoms with Gasteiger partial charge in [0.2, 0.25) is 5.95 Å². The van der Waals surface area contributed by atoms with E-state index in [-0.39, 0.29) is 0 Å². The average molecular weight is 502 g/mol. The predicted octanol–water partition coefficient (Wildman–Crippen LogP) is 9.04. The summed E-state index contributed by atoms with van der Waals surface area (Å²) in [5.74, 6) is 0.603. The topological polar surface area (TPSA) is 57.0 Å². The highest BCUT2D eigenvalue weighted by molar-refractivity contribution is 6.17. The van der Waals surface area contributed by atoms with Gasteiger partial charge in [0, 0.05) is 32.5 Å². The molecule has 0 aliphatic carbocycles. The van der Waals surface area contributed by atoms with E-state index >= 15 is 0 Å². The molecule has 0 aliphatic heterocycles. The van der Waals surface area contributed by atoms with Crippen LogP contribution in [-0.2, 0) is 0 Å². The van der Waals surface area contributed by atoms with Crippen LogP contribution in [0.5, 0.6) is 0 Å². The van der Waals surface area contributed by atoms with Crippen LogP contribution in [0.4, 0.5) is 0 Å². The summed E-state index contributed by atoms with van der Waals surface area (Å²) < 4.78 is 14.7. The molecule has 0 aliphatic rings. The second-order valence-corrected chi connectivity index (χ2v) is 9.83. The molecular formula is C34H19N3O2. The Balaban J connectivity index is 1.46. The first-order valence-corrected chi connectivity index (χ1v) is 12.9. The quantitative estimate of drug-likeness (QED) is 0.237. The summed E-state index contributed by atoms with van der Waals surface area (Å²) in [6, 6.07) is 39.1. The third-order valence-corrected chi connectivity index (χ3v) is 7.63. The average Bonchev–Trinajstić information content (AvgIpc) is 3.65. The van der Waals surface area contributed by atoms with Crippen LogP contribution in [0.25, 0.3) is 83.0 Å². The summed E-state index contributed by atoms with van der Waals surface area (Å²) >= 11 is 0. The van der Waals surface area contributed by atoms with Gasteiger partial charge in [-0.05, 0) is 36.4 Å². The van der Waals surface area contributed by atoms with Gasteiger partial charge in [-0.2, -0.15) is 0 Å². The number of hydrogen-bond acceptors (Lipinski definition) is 4. The van der Waals surface area contributed by atoms with Gasteiger partial charge in [0.1, 0.15) is 28.0 Å². The van der Waals surface area contributed by atoms with Crippen LogP contribution < -0.4 is 0 Å². The zero-order chi connectivity index (χ0) is 25.5. The summed E-state index contributed by atoms with van der Waals surface area (Å²) in [5.41, 5.74) is 7.85. The molecule has 5 heteroatoms. The minimum absolute atomic E-state index is 0.603. The maximum Gasteiger partial charge on any atom is 0.236 e. The van der Waals surface area contributed by atoms with Gasteiger partial charge < -0.3 is 8.83 Å². The first-order chi connectivity index (χ1) is 19.3. The van der Waals surface area contributed by atoms with E-state index in [4.69, 9.17) is 18.8 Å². The van der Waals surface area contributed by atoms with Gasteiger partial charge in [-0.1, -0.05) is 78.9 Å². The van der Waals surface area contributed by atoms with Crippen molar-refractivity contribution >= 4 is 65.8 Å². The predicted molar refractivity (Wildman–Crippen MR) is 156 cm³/mol. The maximum atomic E-state index is 6.33. The van der Waals surface area contributed by atoms with E-state index in [1.807, 2.05) is 54.6 Å². The summed E-state index contributed by atoms with van der Waals surface area (Å²) in [4.78, 5) is 10.3. The molecule has 0 unspecified atom stereocenters. The number of nitrogens with zero attached hydrogens (tertiary/aromatic N) is 3. The number of aromatic nitrogens is 3. The number of fused-ring (bicyclic) bond motifs is 9. The fourth-order valence-corrected chi connectivity index (χ4v) is 5.87. The highest BCUT2D eigenvalue weighted by Gasteiger charge is 2.21. The van der Waals surface area contributed by atoms with Crippen molar-refractivity contribution in [3.63, 3.8) is 0 Å². The molecule has 0 saturated heterocycles. The fraction of sp³-hybridized carbons (Fsp3) is 0. The second-order valence-electron chi connectivity index (χ2n) is 9.83. The summed E-state index contributed by atoms with van der Waals surface area (Å²) in [6.45, 7) is 0. The van der Waals surface area contributed by atoms with Gasteiger partial charge in [-0.25, -0.2) is 9.97 Å². The van der Waals surface area contributed by atoms with E-state index in [1.54, 1.807) is 0 Å². The molecule has 0 bridgehead atoms. The van der Waals surface area contributed by atoms with Crippen LogP contribution in [0.3, 0.4) is 0 Å². The highest BCUT2D eigenvalue weighted by Crippen LogP contribution is 2.39. The maximum absolute atomic E-state index is 6.33. The van der Waals surface area contributed by atoms with Crippen LogP contribution in [-0.4, -0.2) is 14.5 Å². The lowest BCUT2D eigenvalue weighted by atomic mass is 10.1. The Morgan fingerprint density at radius 1 is 0.487 bits per heavy atom. The minimum atomic E-state index is 0.603. The van der Waals surface area contributed by atoms with Crippen LogP contribution in [0.1, 0.15) is 0 Å². The lowest BCUT2D eigenvalue weighted by Crippen LogP contribution is -2.02. The Labute approximate surface area is 221 Å². The monoisotopic (exact) mass is 501 g/mol. The summed E-state index contributed by atoms with van der Waals surface area (Å²) in [5, 5.41) is 5.35. The van der Waals surface area contributed by atoms with Crippen molar-refractivity contribution in [2.24, 2.45) is 0 Å². The Kier molecular flexibility index (Phi) is 3.99. The number of rotatable bonds is 2. The lowest BCUT2D eigenvalue weighted by molar-refractivity contribution is 0.666. The molecule has 0 amide bonds. The number of furan rings is 2. The third kappa shape index (κ3) is 2.84. The van der Waals surface area contributed by atoms with Crippen molar-refractivity contribution in [3.05, 3.63) is 115 Å². The smallest absolute Gasteiger partial charge is 0.236 e. The van der Waals surface area contributed by atoms with Crippen LogP contribution >= 0.6 is 0 Å². The van der Waals surface area contributed by atoms with E-state index < -0.39 is 0 Å². The number of para-hydroxylation sites is 3. The minimum Gasteiger partial charge on any atom is -0.456 e. The van der Waals surface area contributed by atoms with Crippen LogP contribution in [0.2, 0.25) is 0 Å². The van der Waals surface area contributed by atoms with E-state index in [0.717, 1.165) is 71.5 Å². The number of hydrogen-bond donors (Lipinski definition) is 0. The van der Waals surface area contributed by atoms with Gasteiger partial charge in [-0.15, -0.1) is 0 Å². The molecule has 0 saturated carbocycles. The highest BCUT2D eigenvalue weighted by atomic mass is 16.3. The number of benzene rings is 5. The lowest BCUT2D eigenvalue weighted by Gasteiger charge is -2.09. The molecule has 0 spiro atoms. The first kappa shape index (κ1) is 20.6. The van der Waals surface area contributed by atoms with E-state index in [0.29, 0.717) is 11.5 Å². The second kappa shape index (κ2) is 7.55. The van der Waals surface area contributed by atoms with Gasteiger partial charge >= 0.3 is 0 Å². The standard InChI is InChI=1S/C34H19N3O2/c1-2-10-20(11-3-1)31-33-32(23-14-6-9-17-29(23)39-33)36-34(35-31)37-26-15-7-4-12-21(26)24-19-30-25(18-27(24)37)22-13-5-8-16-28(22)38-30/h1-19H. The van der Waals surface area contributed by atoms with Crippen molar-refractivity contribution < 1.29 is 8.83 Å². The van der Waals surface area contributed by atoms with Crippen LogP contribution in [0, 0.1) is 0 Å². The van der Waals surface area contributed by atoms with Crippen molar-refractivity contribution in [1.29, 1.82) is 0 Å². The zero-order valence-corrected chi connectivity index (χ0v) is 20.6. The van der Waals surface area contributed by atoms with E-state index in [9.17, 15) is 0 Å². The molecule has 39 heavy (non-hydrogen) atoms. The molecular weight excluding hydrogens is 482 g/mol. The third-order valence-electron chi connectivity index (χ3n) is 7.63. The molecule has 9 aromatic rings. The molecule has 0 fully saturated rings. The Morgan fingerprint density at radius 3 is 2.03 bits per heavy atom. The largest absolute Gasteiger partial charge is 0.456 e. The molecule has 5 nitrogen and oxygen atoms in total. The fourth-order valence-electron chi connectivity index (χ4n) is 5.87. The molecule has 0 radical (unpaired) electrons. The molecule has 0 atom stereocenters. The Bertz CT molecular complexity index is 2390. The van der Waals surface area contributed by atoms with Crippen molar-refractivity contribution in [1.82, 2.24) is 14.5 Å². The van der Waals surface area contributed by atoms with Gasteiger partial charge in [-0.3, -0.25) is 4.57 Å². The van der Waals surface area contributed by atoms with E-state index in [2.05, 4.69) is 65.2 Å². The molecule has 0 N–H and O–H groups in total. The van der Waals surface area contributed by atoms with Gasteiger partial charge in [0.25, 0.3) is 0 Å². The molecule has 9 rings (SSSR count). The van der Waals surface area contributed by atoms with Crippen LogP contribution in [0.15, 0.2) is 124 Å². The van der Waals surface area contributed by atoms with Crippen molar-refractivity contribution in [2.75, 3.05) is 0 Å². The molecule has 4 heterocycles. The Hall–Kier alpha value is -5.42. The van der Waals surface area contributed by atoms with Crippen molar-refractivity contribution in [3.8, 4) is 17.2 Å². The summed E-state index contributed by atoms with van der Waals surface area (Å²) in [6.07, 6.45) is 0. The zero-order valence-electron chi connectivity index (χ0n) is 20.6. The SMILES string of the molecule is c1ccc(-c2nc(-n3c4ccccc4c4cc5oc6ccccc6c5cc43)nc3c2oc2ccccc23)cc1. The van der Waals surface area contributed by atoms with Gasteiger partial charge in [0.05, 0.1) is 11.0 Å². The van der Waals surface area contributed by atoms with Crippen molar-refractivity contribution in [2.45, 2.75) is 0 Å². The molecule has 4 aromatic heterocycles. The molecule has 182 valence electrons. The van der Waals surface area contributed by atoms with Gasteiger partial charge in [0.15, 0.2) is 5.58 Å². The first-order valence-electron chi connectivity index (χ1n) is 12.9.